The van der Waals surface area contributed by atoms with Crippen LogP contribution >= 0.6 is 22.7 Å². The number of rotatable bonds is 6. The Morgan fingerprint density at radius 1 is 0.304 bits per heavy atom. The SMILES string of the molecule is c1ccc(-c2nc(-c3ccccc3)nc(-c3cccc(-c4cccc5c4sc4cc(-c6nc(-c7ccccc7)c7sc8ccccc8c7n6)ccc45)c3)n2)cc1. The van der Waals surface area contributed by atoms with Crippen LogP contribution in [0, 0.1) is 0 Å². The fourth-order valence-electron chi connectivity index (χ4n) is 7.44. The van der Waals surface area contributed by atoms with Crippen LogP contribution in [0.5, 0.6) is 0 Å². The molecule has 0 radical (unpaired) electrons. The summed E-state index contributed by atoms with van der Waals surface area (Å²) >= 11 is 3.56. The number of thiophene rings is 2. The molecule has 0 N–H and O–H groups in total. The Labute approximate surface area is 330 Å². The van der Waals surface area contributed by atoms with Gasteiger partial charge in [0.15, 0.2) is 23.3 Å². The minimum Gasteiger partial charge on any atom is -0.226 e. The summed E-state index contributed by atoms with van der Waals surface area (Å²) in [5, 5.41) is 3.60. The Morgan fingerprint density at radius 2 is 0.839 bits per heavy atom. The van der Waals surface area contributed by atoms with Crippen molar-refractivity contribution in [2.45, 2.75) is 0 Å². The van der Waals surface area contributed by atoms with Gasteiger partial charge in [0.05, 0.1) is 15.9 Å². The van der Waals surface area contributed by atoms with E-state index in [4.69, 9.17) is 24.9 Å². The first kappa shape index (κ1) is 32.5. The molecule has 262 valence electrons. The second-order valence-electron chi connectivity index (χ2n) is 13.7. The lowest BCUT2D eigenvalue weighted by molar-refractivity contribution is 1.07. The van der Waals surface area contributed by atoms with Gasteiger partial charge in [0, 0.05) is 58.1 Å². The molecule has 7 aromatic carbocycles. The fourth-order valence-corrected chi connectivity index (χ4v) is 9.87. The first-order valence-electron chi connectivity index (χ1n) is 18.4. The van der Waals surface area contributed by atoms with Gasteiger partial charge < -0.3 is 0 Å². The lowest BCUT2D eigenvalue weighted by Gasteiger charge is -2.10. The summed E-state index contributed by atoms with van der Waals surface area (Å²) in [6, 6.07) is 60.9. The summed E-state index contributed by atoms with van der Waals surface area (Å²) < 4.78 is 4.75. The van der Waals surface area contributed by atoms with Crippen LogP contribution in [0.1, 0.15) is 0 Å². The van der Waals surface area contributed by atoms with Gasteiger partial charge in [-0.15, -0.1) is 22.7 Å². The van der Waals surface area contributed by atoms with Crippen LogP contribution in [0.2, 0.25) is 0 Å². The van der Waals surface area contributed by atoms with Crippen LogP contribution in [0.4, 0.5) is 0 Å². The highest BCUT2D eigenvalue weighted by Gasteiger charge is 2.19. The molecule has 7 heteroatoms. The highest BCUT2D eigenvalue weighted by molar-refractivity contribution is 7.26. The van der Waals surface area contributed by atoms with E-state index in [1.807, 2.05) is 66.7 Å². The van der Waals surface area contributed by atoms with Crippen molar-refractivity contribution in [3.8, 4) is 67.9 Å². The lowest BCUT2D eigenvalue weighted by Crippen LogP contribution is -2.00. The van der Waals surface area contributed by atoms with Gasteiger partial charge in [-0.3, -0.25) is 0 Å². The molecule has 0 saturated carbocycles. The predicted octanol–water partition coefficient (Wildman–Crippen LogP) is 13.4. The minimum absolute atomic E-state index is 0.637. The molecule has 0 aliphatic carbocycles. The van der Waals surface area contributed by atoms with E-state index in [1.54, 1.807) is 22.7 Å². The third-order valence-corrected chi connectivity index (χ3v) is 12.5. The molecule has 0 amide bonds. The topological polar surface area (TPSA) is 64.5 Å². The second-order valence-corrected chi connectivity index (χ2v) is 15.8. The van der Waals surface area contributed by atoms with Crippen LogP contribution in [-0.4, -0.2) is 24.9 Å². The number of nitrogens with zero attached hydrogens (tertiary/aromatic N) is 5. The van der Waals surface area contributed by atoms with Gasteiger partial charge in [-0.2, -0.15) is 0 Å². The standard InChI is InChI=1S/C49H29N5S2/c1-4-14-30(15-5-1)42-45-43(39-22-10-11-25-40(39)55-45)51-48(50-42)35-26-27-37-38-24-13-23-36(44(38)56-41(37)29-35)33-20-12-21-34(28-33)49-53-46(31-16-6-2-7-17-31)52-47(54-49)32-18-8-3-9-19-32/h1-29H. The van der Waals surface area contributed by atoms with Crippen LogP contribution in [-0.2, 0) is 0 Å². The van der Waals surface area contributed by atoms with Gasteiger partial charge in [-0.25, -0.2) is 24.9 Å². The molecule has 5 nitrogen and oxygen atoms in total. The molecule has 0 bridgehead atoms. The van der Waals surface area contributed by atoms with E-state index in [-0.39, 0.29) is 0 Å². The molecule has 4 heterocycles. The van der Waals surface area contributed by atoms with Gasteiger partial charge in [0.2, 0.25) is 0 Å². The molecule has 0 aliphatic rings. The summed E-state index contributed by atoms with van der Waals surface area (Å²) in [5.41, 5.74) is 9.16. The molecule has 0 saturated heterocycles. The van der Waals surface area contributed by atoms with E-state index in [1.165, 1.54) is 30.4 Å². The second kappa shape index (κ2) is 13.4. The molecular formula is C49H29N5S2. The summed E-state index contributed by atoms with van der Waals surface area (Å²) in [6.07, 6.45) is 0. The maximum atomic E-state index is 5.24. The average Bonchev–Trinajstić information content (AvgIpc) is 3.85. The zero-order valence-corrected chi connectivity index (χ0v) is 31.4. The van der Waals surface area contributed by atoms with Crippen LogP contribution < -0.4 is 0 Å². The van der Waals surface area contributed by atoms with E-state index in [0.717, 1.165) is 60.5 Å². The minimum atomic E-state index is 0.637. The molecule has 4 aromatic heterocycles. The maximum Gasteiger partial charge on any atom is 0.164 e. The van der Waals surface area contributed by atoms with E-state index >= 15 is 0 Å². The maximum absolute atomic E-state index is 5.24. The molecule has 0 aliphatic heterocycles. The molecule has 0 fully saturated rings. The predicted molar refractivity (Wildman–Crippen MR) is 234 cm³/mol. The number of aromatic nitrogens is 5. The Hall–Kier alpha value is -6.93. The van der Waals surface area contributed by atoms with E-state index in [0.29, 0.717) is 17.5 Å². The van der Waals surface area contributed by atoms with Crippen LogP contribution in [0.15, 0.2) is 176 Å². The zero-order chi connectivity index (χ0) is 37.0. The highest BCUT2D eigenvalue weighted by atomic mass is 32.1. The number of hydrogen-bond donors (Lipinski definition) is 0. The number of hydrogen-bond acceptors (Lipinski definition) is 7. The van der Waals surface area contributed by atoms with Gasteiger partial charge in [0.25, 0.3) is 0 Å². The number of benzene rings is 7. The van der Waals surface area contributed by atoms with Crippen molar-refractivity contribution in [2.24, 2.45) is 0 Å². The zero-order valence-electron chi connectivity index (χ0n) is 29.8. The molecular weight excluding hydrogens is 723 g/mol. The van der Waals surface area contributed by atoms with E-state index < -0.39 is 0 Å². The Bertz CT molecular complexity index is 3190. The van der Waals surface area contributed by atoms with Crippen molar-refractivity contribution in [3.63, 3.8) is 0 Å². The normalized spacial score (nSPS) is 11.6. The van der Waals surface area contributed by atoms with Gasteiger partial charge in [0.1, 0.15) is 0 Å². The van der Waals surface area contributed by atoms with E-state index in [2.05, 4.69) is 109 Å². The van der Waals surface area contributed by atoms with Crippen LogP contribution in [0.3, 0.4) is 0 Å². The van der Waals surface area contributed by atoms with Gasteiger partial charge in [-0.05, 0) is 29.3 Å². The van der Waals surface area contributed by atoms with Crippen molar-refractivity contribution in [2.75, 3.05) is 0 Å². The van der Waals surface area contributed by atoms with Crippen molar-refractivity contribution in [3.05, 3.63) is 176 Å². The first-order valence-corrected chi connectivity index (χ1v) is 20.0. The Morgan fingerprint density at radius 3 is 1.57 bits per heavy atom. The summed E-state index contributed by atoms with van der Waals surface area (Å²) in [7, 11) is 0. The fraction of sp³-hybridized carbons (Fsp3) is 0. The molecule has 56 heavy (non-hydrogen) atoms. The van der Waals surface area contributed by atoms with Gasteiger partial charge in [-0.1, -0.05) is 158 Å². The molecule has 0 atom stereocenters. The largest absolute Gasteiger partial charge is 0.226 e. The average molecular weight is 752 g/mol. The smallest absolute Gasteiger partial charge is 0.164 e. The van der Waals surface area contributed by atoms with Crippen molar-refractivity contribution in [1.82, 2.24) is 24.9 Å². The monoisotopic (exact) mass is 751 g/mol. The van der Waals surface area contributed by atoms with Crippen molar-refractivity contribution in [1.29, 1.82) is 0 Å². The third-order valence-electron chi connectivity index (χ3n) is 10.2. The first-order chi connectivity index (χ1) is 27.7. The Balaban J connectivity index is 1.03. The quantitative estimate of drug-likeness (QED) is 0.169. The van der Waals surface area contributed by atoms with Gasteiger partial charge >= 0.3 is 0 Å². The highest BCUT2D eigenvalue weighted by Crippen LogP contribution is 2.43. The molecule has 0 unspecified atom stereocenters. The summed E-state index contributed by atoms with van der Waals surface area (Å²) in [5.74, 6) is 2.66. The number of fused-ring (bicyclic) bond motifs is 6. The molecule has 11 rings (SSSR count). The van der Waals surface area contributed by atoms with Crippen molar-refractivity contribution >= 4 is 63.1 Å². The Kier molecular flexibility index (Phi) is 7.79. The summed E-state index contributed by atoms with van der Waals surface area (Å²) in [6.45, 7) is 0. The van der Waals surface area contributed by atoms with Crippen LogP contribution in [0.25, 0.3) is 108 Å². The van der Waals surface area contributed by atoms with E-state index in [9.17, 15) is 0 Å². The third kappa shape index (κ3) is 5.64. The van der Waals surface area contributed by atoms with Crippen molar-refractivity contribution < 1.29 is 0 Å². The summed E-state index contributed by atoms with van der Waals surface area (Å²) in [4.78, 5) is 25.3. The lowest BCUT2D eigenvalue weighted by atomic mass is 10.00. The molecule has 0 spiro atoms. The molecule has 11 aromatic rings.